The number of guanidine groups is 1. The summed E-state index contributed by atoms with van der Waals surface area (Å²) in [6.07, 6.45) is 1.22. The molecule has 6 heteroatoms. The van der Waals surface area contributed by atoms with Crippen molar-refractivity contribution >= 4 is 35.6 Å². The van der Waals surface area contributed by atoms with Crippen molar-refractivity contribution in [3.8, 4) is 0 Å². The molecule has 0 radical (unpaired) electrons. The fourth-order valence-electron chi connectivity index (χ4n) is 3.41. The molecule has 1 fully saturated rings. The maximum absolute atomic E-state index is 10.3. The average molecular weight is 494 g/mol. The minimum Gasteiger partial charge on any atom is -0.391 e. The molecule has 1 saturated heterocycles. The molecule has 2 unspecified atom stereocenters. The number of anilines is 1. The van der Waals surface area contributed by atoms with Crippen molar-refractivity contribution in [2.24, 2.45) is 4.99 Å². The minimum atomic E-state index is -0.479. The van der Waals surface area contributed by atoms with Gasteiger partial charge in [0.05, 0.1) is 12.6 Å². The summed E-state index contributed by atoms with van der Waals surface area (Å²) in [5.41, 5.74) is 2.40. The van der Waals surface area contributed by atoms with Gasteiger partial charge in [-0.3, -0.25) is 4.99 Å². The van der Waals surface area contributed by atoms with Gasteiger partial charge in [-0.25, -0.2) is 0 Å². The molecule has 1 aliphatic rings. The zero-order chi connectivity index (χ0) is 18.9. The second-order valence-corrected chi connectivity index (χ2v) is 6.97. The van der Waals surface area contributed by atoms with Crippen LogP contribution in [0.25, 0.3) is 0 Å². The first-order valence-corrected chi connectivity index (χ1v) is 9.81. The maximum Gasteiger partial charge on any atom is 0.191 e. The number of aliphatic hydroxyl groups excluding tert-OH is 1. The van der Waals surface area contributed by atoms with Gasteiger partial charge in [-0.2, -0.15) is 0 Å². The number of hydrogen-bond acceptors (Lipinski definition) is 3. The highest BCUT2D eigenvalue weighted by Gasteiger charge is 2.23. The first-order chi connectivity index (χ1) is 13.2. The number of hydrogen-bond donors (Lipinski definition) is 3. The van der Waals surface area contributed by atoms with Crippen LogP contribution in [0.1, 0.15) is 18.9 Å². The lowest BCUT2D eigenvalue weighted by Crippen LogP contribution is -2.45. The van der Waals surface area contributed by atoms with Crippen LogP contribution in [-0.2, 0) is 6.42 Å². The highest BCUT2D eigenvalue weighted by atomic mass is 127. The molecule has 3 rings (SSSR count). The fourth-order valence-corrected chi connectivity index (χ4v) is 3.41. The molecule has 0 spiro atoms. The van der Waals surface area contributed by atoms with Gasteiger partial charge in [-0.05, 0) is 31.0 Å². The van der Waals surface area contributed by atoms with Crippen LogP contribution in [0.15, 0.2) is 65.7 Å². The average Bonchev–Trinajstić information content (AvgIpc) is 3.16. The van der Waals surface area contributed by atoms with Gasteiger partial charge < -0.3 is 20.6 Å². The molecule has 0 saturated carbocycles. The number of rotatable bonds is 7. The zero-order valence-electron chi connectivity index (χ0n) is 16.4. The van der Waals surface area contributed by atoms with Crippen LogP contribution < -0.4 is 15.5 Å². The standard InChI is InChI=1S/C22H30N4O.HI/c1-2-23-22(24-16-21(27)15-18-9-5-3-6-10-18)25-19-13-14-26(17-19)20-11-7-4-8-12-20;/h3-12,19,21,27H,2,13-17H2,1H3,(H2,23,24,25);1H. The molecule has 3 N–H and O–H groups in total. The lowest BCUT2D eigenvalue weighted by atomic mass is 10.1. The van der Waals surface area contributed by atoms with Crippen molar-refractivity contribution in [2.75, 3.05) is 31.1 Å². The number of nitrogens with one attached hydrogen (secondary N) is 2. The lowest BCUT2D eigenvalue weighted by Gasteiger charge is -2.20. The number of benzene rings is 2. The minimum absolute atomic E-state index is 0. The molecule has 0 aliphatic carbocycles. The van der Waals surface area contributed by atoms with Crippen molar-refractivity contribution in [1.82, 2.24) is 10.6 Å². The molecule has 0 amide bonds. The van der Waals surface area contributed by atoms with Crippen LogP contribution >= 0.6 is 24.0 Å². The Bertz CT molecular complexity index is 711. The number of halogens is 1. The van der Waals surface area contributed by atoms with Crippen LogP contribution in [0.5, 0.6) is 0 Å². The first kappa shape index (κ1) is 22.5. The predicted octanol–water partition coefficient (Wildman–Crippen LogP) is 3.04. The molecular formula is C22H31IN4O. The molecule has 1 heterocycles. The summed E-state index contributed by atoms with van der Waals surface area (Å²) >= 11 is 0. The third kappa shape index (κ3) is 6.98. The summed E-state index contributed by atoms with van der Waals surface area (Å²) in [6, 6.07) is 20.9. The monoisotopic (exact) mass is 494 g/mol. The molecule has 2 aromatic rings. The van der Waals surface area contributed by atoms with Gasteiger partial charge in [0.25, 0.3) is 0 Å². The summed E-state index contributed by atoms with van der Waals surface area (Å²) in [6.45, 7) is 5.25. The molecule has 0 bridgehead atoms. The fraction of sp³-hybridized carbons (Fsp3) is 0.409. The van der Waals surface area contributed by atoms with Crippen LogP contribution in [-0.4, -0.2) is 49.4 Å². The number of aliphatic imine (C=N–C) groups is 1. The van der Waals surface area contributed by atoms with Crippen LogP contribution in [0.4, 0.5) is 5.69 Å². The van der Waals surface area contributed by atoms with Gasteiger partial charge >= 0.3 is 0 Å². The number of nitrogens with zero attached hydrogens (tertiary/aromatic N) is 2. The van der Waals surface area contributed by atoms with E-state index in [0.29, 0.717) is 19.0 Å². The number of aliphatic hydroxyl groups is 1. The van der Waals surface area contributed by atoms with Gasteiger partial charge in [-0.1, -0.05) is 48.5 Å². The summed E-state index contributed by atoms with van der Waals surface area (Å²) in [5, 5.41) is 17.1. The quantitative estimate of drug-likeness (QED) is 0.315. The van der Waals surface area contributed by atoms with Crippen molar-refractivity contribution in [2.45, 2.75) is 31.9 Å². The van der Waals surface area contributed by atoms with Crippen LogP contribution in [0, 0.1) is 0 Å². The van der Waals surface area contributed by atoms with Crippen molar-refractivity contribution in [3.63, 3.8) is 0 Å². The molecule has 28 heavy (non-hydrogen) atoms. The van der Waals surface area contributed by atoms with Crippen LogP contribution in [0.2, 0.25) is 0 Å². The van der Waals surface area contributed by atoms with E-state index in [9.17, 15) is 5.11 Å². The van der Waals surface area contributed by atoms with E-state index in [4.69, 9.17) is 0 Å². The van der Waals surface area contributed by atoms with E-state index in [-0.39, 0.29) is 24.0 Å². The smallest absolute Gasteiger partial charge is 0.191 e. The SMILES string of the molecule is CCNC(=NCC(O)Cc1ccccc1)NC1CCN(c2ccccc2)C1.I. The van der Waals surface area contributed by atoms with Gasteiger partial charge in [0.1, 0.15) is 0 Å². The Balaban J connectivity index is 0.00000280. The predicted molar refractivity (Wildman–Crippen MR) is 128 cm³/mol. The second-order valence-electron chi connectivity index (χ2n) is 6.97. The lowest BCUT2D eigenvalue weighted by molar-refractivity contribution is 0.183. The van der Waals surface area contributed by atoms with Gasteiger partial charge in [0, 0.05) is 37.8 Å². The van der Waals surface area contributed by atoms with E-state index >= 15 is 0 Å². The Kier molecular flexibility index (Phi) is 9.57. The van der Waals surface area contributed by atoms with Crippen LogP contribution in [0.3, 0.4) is 0 Å². The summed E-state index contributed by atoms with van der Waals surface area (Å²) < 4.78 is 0. The third-order valence-corrected chi connectivity index (χ3v) is 4.77. The Morgan fingerprint density at radius 1 is 1.14 bits per heavy atom. The second kappa shape index (κ2) is 11.9. The Labute approximate surface area is 185 Å². The van der Waals surface area contributed by atoms with Gasteiger partial charge in [0.2, 0.25) is 0 Å². The molecule has 152 valence electrons. The van der Waals surface area contributed by atoms with Gasteiger partial charge in [0.15, 0.2) is 5.96 Å². The number of para-hydroxylation sites is 1. The highest BCUT2D eigenvalue weighted by molar-refractivity contribution is 14.0. The normalized spacial score (nSPS) is 17.7. The molecule has 1 aliphatic heterocycles. The molecule has 5 nitrogen and oxygen atoms in total. The molecular weight excluding hydrogens is 463 g/mol. The van der Waals surface area contributed by atoms with E-state index < -0.39 is 6.10 Å². The van der Waals surface area contributed by atoms with E-state index in [0.717, 1.165) is 37.6 Å². The largest absolute Gasteiger partial charge is 0.391 e. The van der Waals surface area contributed by atoms with E-state index in [1.54, 1.807) is 0 Å². The van der Waals surface area contributed by atoms with Gasteiger partial charge in [-0.15, -0.1) is 24.0 Å². The Hall–Kier alpha value is -1.80. The Morgan fingerprint density at radius 3 is 2.50 bits per heavy atom. The molecule has 0 aromatic heterocycles. The third-order valence-electron chi connectivity index (χ3n) is 4.77. The summed E-state index contributed by atoms with van der Waals surface area (Å²) in [5.74, 6) is 0.782. The molecule has 2 aromatic carbocycles. The van der Waals surface area contributed by atoms with E-state index in [1.165, 1.54) is 5.69 Å². The first-order valence-electron chi connectivity index (χ1n) is 9.81. The maximum atomic E-state index is 10.3. The van der Waals surface area contributed by atoms with E-state index in [2.05, 4.69) is 51.7 Å². The van der Waals surface area contributed by atoms with Crippen molar-refractivity contribution < 1.29 is 5.11 Å². The van der Waals surface area contributed by atoms with Crippen molar-refractivity contribution in [1.29, 1.82) is 0 Å². The summed E-state index contributed by atoms with van der Waals surface area (Å²) in [7, 11) is 0. The highest BCUT2D eigenvalue weighted by Crippen LogP contribution is 2.19. The zero-order valence-corrected chi connectivity index (χ0v) is 18.8. The Morgan fingerprint density at radius 2 is 1.82 bits per heavy atom. The summed E-state index contributed by atoms with van der Waals surface area (Å²) in [4.78, 5) is 6.99. The van der Waals surface area contributed by atoms with E-state index in [1.807, 2.05) is 36.4 Å². The van der Waals surface area contributed by atoms with Crippen molar-refractivity contribution in [3.05, 3.63) is 66.2 Å². The topological polar surface area (TPSA) is 59.9 Å². The molecule has 2 atom stereocenters.